The Hall–Kier alpha value is -4.86. The number of anilines is 3. The van der Waals surface area contributed by atoms with Gasteiger partial charge >= 0.3 is 5.97 Å². The Bertz CT molecular complexity index is 1650. The maximum Gasteiger partial charge on any atom is 0.358 e. The van der Waals surface area contributed by atoms with E-state index in [4.69, 9.17) is 4.74 Å². The number of nitrogens with zero attached hydrogens (tertiary/aromatic N) is 6. The Kier molecular flexibility index (Phi) is 8.37. The van der Waals surface area contributed by atoms with Crippen LogP contribution in [0.3, 0.4) is 0 Å². The van der Waals surface area contributed by atoms with Gasteiger partial charge in [-0.15, -0.1) is 0 Å². The largest absolute Gasteiger partial charge is 0.461 e. The minimum Gasteiger partial charge on any atom is -0.461 e. The first-order chi connectivity index (χ1) is 19.1. The summed E-state index contributed by atoms with van der Waals surface area (Å²) in [6.07, 6.45) is 3.49. The Morgan fingerprint density at radius 2 is 1.27 bits per heavy atom. The van der Waals surface area contributed by atoms with Crippen LogP contribution < -0.4 is 15.1 Å². The van der Waals surface area contributed by atoms with Crippen molar-refractivity contribution in [3.8, 4) is 0 Å². The van der Waals surface area contributed by atoms with Crippen molar-refractivity contribution in [3.63, 3.8) is 0 Å². The van der Waals surface area contributed by atoms with Gasteiger partial charge in [-0.1, -0.05) is 18.2 Å². The Labute approximate surface area is 233 Å². The van der Waals surface area contributed by atoms with Crippen LogP contribution in [0.15, 0.2) is 67.0 Å². The quantitative estimate of drug-likeness (QED) is 0.307. The molecule has 0 atom stereocenters. The van der Waals surface area contributed by atoms with Crippen molar-refractivity contribution in [2.24, 2.45) is 0 Å². The molecule has 0 spiro atoms. The van der Waals surface area contributed by atoms with E-state index in [9.17, 15) is 9.59 Å². The van der Waals surface area contributed by atoms with E-state index < -0.39 is 0 Å². The summed E-state index contributed by atoms with van der Waals surface area (Å²) in [5, 5.41) is 2.85. The molecule has 10 heteroatoms. The first kappa shape index (κ1) is 28.2. The molecular formula is C30H35N7O3. The topological polar surface area (TPSA) is 96.5 Å². The number of fused-ring (bicyclic) bond motifs is 2. The number of rotatable bonds is 6. The molecule has 0 aliphatic rings. The molecule has 10 nitrogen and oxygen atoms in total. The van der Waals surface area contributed by atoms with Gasteiger partial charge in [-0.05, 0) is 57.2 Å². The van der Waals surface area contributed by atoms with Gasteiger partial charge in [0, 0.05) is 57.7 Å². The first-order valence-corrected chi connectivity index (χ1v) is 13.0. The highest BCUT2D eigenvalue weighted by molar-refractivity contribution is 6.03. The number of para-hydroxylation sites is 1. The summed E-state index contributed by atoms with van der Waals surface area (Å²) in [6, 6.07) is 17.2. The van der Waals surface area contributed by atoms with E-state index >= 15 is 0 Å². The molecule has 4 aromatic heterocycles. The summed E-state index contributed by atoms with van der Waals surface area (Å²) in [6.45, 7) is 6.15. The molecule has 0 unspecified atom stereocenters. The van der Waals surface area contributed by atoms with Crippen LogP contribution in [-0.2, 0) is 4.74 Å². The van der Waals surface area contributed by atoms with Crippen molar-refractivity contribution >= 4 is 40.2 Å². The number of imidazole rings is 2. The third kappa shape index (κ3) is 5.90. The molecular weight excluding hydrogens is 506 g/mol. The zero-order chi connectivity index (χ0) is 29.0. The van der Waals surface area contributed by atoms with Crippen LogP contribution >= 0.6 is 0 Å². The van der Waals surface area contributed by atoms with Crippen LogP contribution in [0, 0.1) is 13.8 Å². The molecule has 5 aromatic rings. The Morgan fingerprint density at radius 1 is 0.775 bits per heavy atom. The highest BCUT2D eigenvalue weighted by atomic mass is 16.5. The van der Waals surface area contributed by atoms with Gasteiger partial charge in [-0.25, -0.2) is 14.8 Å². The number of esters is 1. The predicted octanol–water partition coefficient (Wildman–Crippen LogP) is 4.85. The van der Waals surface area contributed by atoms with Crippen LogP contribution in [0.2, 0.25) is 0 Å². The molecule has 1 amide bonds. The number of benzene rings is 1. The summed E-state index contributed by atoms with van der Waals surface area (Å²) in [5.74, 6) is -0.590. The van der Waals surface area contributed by atoms with Gasteiger partial charge in [0.1, 0.15) is 17.0 Å². The molecule has 0 radical (unpaired) electrons. The second-order valence-electron chi connectivity index (χ2n) is 9.65. The highest BCUT2D eigenvalue weighted by Gasteiger charge is 2.15. The fraction of sp³-hybridized carbons (Fsp3) is 0.267. The molecule has 0 bridgehead atoms. The zero-order valence-corrected chi connectivity index (χ0v) is 24.0. The number of carbonyl (C=O) groups is 2. The average molecular weight is 542 g/mol. The predicted molar refractivity (Wildman–Crippen MR) is 159 cm³/mol. The van der Waals surface area contributed by atoms with Crippen LogP contribution in [-0.4, -0.2) is 65.4 Å². The van der Waals surface area contributed by atoms with Crippen molar-refractivity contribution in [1.82, 2.24) is 18.8 Å². The Morgan fingerprint density at radius 3 is 1.77 bits per heavy atom. The number of aromatic nitrogens is 4. The summed E-state index contributed by atoms with van der Waals surface area (Å²) in [7, 11) is 7.96. The van der Waals surface area contributed by atoms with Crippen molar-refractivity contribution in [2.45, 2.75) is 20.8 Å². The van der Waals surface area contributed by atoms with Crippen molar-refractivity contribution < 1.29 is 14.3 Å². The summed E-state index contributed by atoms with van der Waals surface area (Å²) in [4.78, 5) is 36.7. The lowest BCUT2D eigenvalue weighted by Gasteiger charge is -2.16. The van der Waals surface area contributed by atoms with Crippen molar-refractivity contribution in [2.75, 3.05) is 49.9 Å². The maximum atomic E-state index is 12.3. The Balaban J connectivity index is 0.000000189. The molecule has 4 heterocycles. The normalized spacial score (nSPS) is 10.7. The van der Waals surface area contributed by atoms with E-state index in [1.165, 1.54) is 0 Å². The number of carbonyl (C=O) groups excluding carboxylic acids is 2. The number of hydrogen-bond acceptors (Lipinski definition) is 7. The van der Waals surface area contributed by atoms with Crippen LogP contribution in [0.1, 0.15) is 39.3 Å². The average Bonchev–Trinajstić information content (AvgIpc) is 3.56. The molecule has 0 fully saturated rings. The lowest BCUT2D eigenvalue weighted by molar-refractivity contribution is 0.0520. The van der Waals surface area contributed by atoms with Gasteiger partial charge in [0.15, 0.2) is 5.69 Å². The molecule has 1 aromatic carbocycles. The number of hydrogen-bond donors (Lipinski definition) is 1. The summed E-state index contributed by atoms with van der Waals surface area (Å²) < 4.78 is 8.79. The standard InChI is InChI=1S/C17H18N4O.C13H17N3O2/c1-12-15(20(2)3)9-10-16-19-14(11-21(12)16)17(22)18-13-7-5-4-6-8-13;1-5-18-13(17)10-8-16-9(2)11(15(3)4)6-7-12(16)14-10/h4-11H,1-3H3,(H,18,22);6-8H,5H2,1-4H3. The summed E-state index contributed by atoms with van der Waals surface area (Å²) >= 11 is 0. The molecule has 208 valence electrons. The van der Waals surface area contributed by atoms with Gasteiger partial charge in [0.25, 0.3) is 5.91 Å². The number of pyridine rings is 2. The fourth-order valence-electron chi connectivity index (χ4n) is 4.43. The molecule has 5 rings (SSSR count). The van der Waals surface area contributed by atoms with Gasteiger partial charge in [-0.3, -0.25) is 4.79 Å². The molecule has 0 aliphatic heterocycles. The van der Waals surface area contributed by atoms with E-state index in [0.717, 1.165) is 39.7 Å². The maximum absolute atomic E-state index is 12.3. The van der Waals surface area contributed by atoms with E-state index in [2.05, 4.69) is 15.3 Å². The van der Waals surface area contributed by atoms with E-state index in [0.29, 0.717) is 18.0 Å². The van der Waals surface area contributed by atoms with Gasteiger partial charge in [-0.2, -0.15) is 0 Å². The SMILES string of the molecule is CCOC(=O)c1cn2c(C)c(N(C)C)ccc2n1.Cc1c(N(C)C)ccc2nc(C(=O)Nc3ccccc3)cn12. The number of aryl methyl sites for hydroxylation is 2. The summed E-state index contributed by atoms with van der Waals surface area (Å²) in [5.41, 5.74) is 7.31. The highest BCUT2D eigenvalue weighted by Crippen LogP contribution is 2.21. The smallest absolute Gasteiger partial charge is 0.358 e. The molecule has 1 N–H and O–H groups in total. The first-order valence-electron chi connectivity index (χ1n) is 13.0. The lowest BCUT2D eigenvalue weighted by atomic mass is 10.3. The van der Waals surface area contributed by atoms with Crippen molar-refractivity contribution in [3.05, 3.63) is 89.8 Å². The third-order valence-corrected chi connectivity index (χ3v) is 6.42. The monoisotopic (exact) mass is 541 g/mol. The number of nitrogens with one attached hydrogen (secondary N) is 1. The van der Waals surface area contributed by atoms with Crippen LogP contribution in [0.25, 0.3) is 11.3 Å². The molecule has 0 saturated heterocycles. The van der Waals surface area contributed by atoms with Crippen molar-refractivity contribution in [1.29, 1.82) is 0 Å². The van der Waals surface area contributed by atoms with Gasteiger partial charge in [0.05, 0.1) is 18.0 Å². The second kappa shape index (κ2) is 11.9. The van der Waals surface area contributed by atoms with E-state index in [1.54, 1.807) is 19.3 Å². The fourth-order valence-corrected chi connectivity index (χ4v) is 4.43. The van der Waals surface area contributed by atoms with E-state index in [1.807, 2.05) is 115 Å². The second-order valence-corrected chi connectivity index (χ2v) is 9.65. The van der Waals surface area contributed by atoms with Crippen LogP contribution in [0.4, 0.5) is 17.1 Å². The minimum absolute atomic E-state index is 0.208. The van der Waals surface area contributed by atoms with Crippen LogP contribution in [0.5, 0.6) is 0 Å². The molecule has 0 aliphatic carbocycles. The molecule has 40 heavy (non-hydrogen) atoms. The van der Waals surface area contributed by atoms with Gasteiger partial charge in [0.2, 0.25) is 0 Å². The minimum atomic E-state index is -0.382. The number of amides is 1. The lowest BCUT2D eigenvalue weighted by Crippen LogP contribution is -2.12. The third-order valence-electron chi connectivity index (χ3n) is 6.42. The van der Waals surface area contributed by atoms with Gasteiger partial charge < -0.3 is 28.7 Å². The molecule has 0 saturated carbocycles. The zero-order valence-electron chi connectivity index (χ0n) is 24.0. The van der Waals surface area contributed by atoms with E-state index in [-0.39, 0.29) is 11.9 Å². The number of ether oxygens (including phenoxy) is 1.